The van der Waals surface area contributed by atoms with Crippen molar-refractivity contribution in [2.24, 2.45) is 5.73 Å². The van der Waals surface area contributed by atoms with Crippen LogP contribution in [0.5, 0.6) is 0 Å². The summed E-state index contributed by atoms with van der Waals surface area (Å²) >= 11 is 0. The van der Waals surface area contributed by atoms with Gasteiger partial charge in [0.05, 0.1) is 11.1 Å². The van der Waals surface area contributed by atoms with Gasteiger partial charge in [0.1, 0.15) is 5.82 Å². The highest BCUT2D eigenvalue weighted by molar-refractivity contribution is 5.99. The summed E-state index contributed by atoms with van der Waals surface area (Å²) in [4.78, 5) is 22.4. The molecule has 1 aliphatic rings. The lowest BCUT2D eigenvalue weighted by molar-refractivity contribution is -0.123. The number of carbonyl (C=O) groups excluding carboxylic acids is 1. The van der Waals surface area contributed by atoms with E-state index >= 15 is 0 Å². The number of carboxylic acid groups (broad SMARTS) is 1. The van der Waals surface area contributed by atoms with Gasteiger partial charge in [0.25, 0.3) is 0 Å². The van der Waals surface area contributed by atoms with Crippen molar-refractivity contribution in [3.8, 4) is 0 Å². The van der Waals surface area contributed by atoms with Gasteiger partial charge in [-0.05, 0) is 37.5 Å². The second-order valence-corrected chi connectivity index (χ2v) is 4.46. The summed E-state index contributed by atoms with van der Waals surface area (Å²) in [7, 11) is 0. The summed E-state index contributed by atoms with van der Waals surface area (Å²) < 4.78 is 13.4. The molecule has 0 spiro atoms. The van der Waals surface area contributed by atoms with Crippen LogP contribution in [0.15, 0.2) is 18.2 Å². The fraction of sp³-hybridized carbons (Fsp3) is 0.333. The largest absolute Gasteiger partial charge is 0.478 e. The minimum Gasteiger partial charge on any atom is -0.478 e. The summed E-state index contributed by atoms with van der Waals surface area (Å²) in [5.74, 6) is -2.60. The molecule has 0 radical (unpaired) electrons. The van der Waals surface area contributed by atoms with Crippen molar-refractivity contribution < 1.29 is 19.1 Å². The molecule has 0 bridgehead atoms. The van der Waals surface area contributed by atoms with E-state index in [0.717, 1.165) is 18.6 Å². The summed E-state index contributed by atoms with van der Waals surface area (Å²) in [6, 6.07) is 3.42. The van der Waals surface area contributed by atoms with E-state index in [0.29, 0.717) is 12.8 Å². The SMILES string of the molecule is NC1(C(=O)Nc2ccc(C(=O)O)c(F)c2)CCC1. The van der Waals surface area contributed by atoms with Gasteiger partial charge in [-0.25, -0.2) is 9.18 Å². The number of nitrogens with two attached hydrogens (primary N) is 1. The molecule has 0 heterocycles. The van der Waals surface area contributed by atoms with Crippen molar-refractivity contribution in [1.82, 2.24) is 0 Å². The molecule has 0 atom stereocenters. The van der Waals surface area contributed by atoms with Gasteiger partial charge in [-0.3, -0.25) is 4.79 Å². The summed E-state index contributed by atoms with van der Waals surface area (Å²) in [5, 5.41) is 11.2. The van der Waals surface area contributed by atoms with Crippen LogP contribution in [0.2, 0.25) is 0 Å². The molecule has 18 heavy (non-hydrogen) atoms. The molecule has 0 aliphatic heterocycles. The lowest BCUT2D eigenvalue weighted by Gasteiger charge is -2.36. The van der Waals surface area contributed by atoms with Crippen LogP contribution in [-0.4, -0.2) is 22.5 Å². The monoisotopic (exact) mass is 252 g/mol. The Bertz CT molecular complexity index is 512. The fourth-order valence-electron chi connectivity index (χ4n) is 1.81. The molecular weight excluding hydrogens is 239 g/mol. The molecule has 1 amide bonds. The van der Waals surface area contributed by atoms with Crippen LogP contribution in [0.1, 0.15) is 29.6 Å². The van der Waals surface area contributed by atoms with E-state index in [-0.39, 0.29) is 11.6 Å². The van der Waals surface area contributed by atoms with Gasteiger partial charge < -0.3 is 16.2 Å². The third-order valence-electron chi connectivity index (χ3n) is 3.16. The number of rotatable bonds is 3. The van der Waals surface area contributed by atoms with Crippen molar-refractivity contribution >= 4 is 17.6 Å². The van der Waals surface area contributed by atoms with Crippen molar-refractivity contribution in [2.45, 2.75) is 24.8 Å². The molecule has 6 heteroatoms. The second-order valence-electron chi connectivity index (χ2n) is 4.46. The van der Waals surface area contributed by atoms with Gasteiger partial charge in [-0.15, -0.1) is 0 Å². The zero-order valence-corrected chi connectivity index (χ0v) is 9.57. The van der Waals surface area contributed by atoms with Crippen LogP contribution in [0.3, 0.4) is 0 Å². The molecule has 0 saturated heterocycles. The van der Waals surface area contributed by atoms with E-state index in [1.165, 1.54) is 6.07 Å². The maximum Gasteiger partial charge on any atom is 0.338 e. The third-order valence-corrected chi connectivity index (χ3v) is 3.16. The molecule has 96 valence electrons. The van der Waals surface area contributed by atoms with E-state index < -0.39 is 22.9 Å². The van der Waals surface area contributed by atoms with Crippen molar-refractivity contribution in [2.75, 3.05) is 5.32 Å². The number of amides is 1. The first-order chi connectivity index (χ1) is 8.42. The highest BCUT2D eigenvalue weighted by Gasteiger charge is 2.40. The number of aromatic carboxylic acids is 1. The van der Waals surface area contributed by atoms with Gasteiger partial charge in [0.15, 0.2) is 0 Å². The average molecular weight is 252 g/mol. The summed E-state index contributed by atoms with van der Waals surface area (Å²) in [6.45, 7) is 0. The number of carbonyl (C=O) groups is 2. The molecule has 0 aromatic heterocycles. The Kier molecular flexibility index (Phi) is 3.04. The van der Waals surface area contributed by atoms with Gasteiger partial charge >= 0.3 is 5.97 Å². The third kappa shape index (κ3) is 2.19. The number of hydrogen-bond donors (Lipinski definition) is 3. The number of hydrogen-bond acceptors (Lipinski definition) is 3. The fourth-order valence-corrected chi connectivity index (χ4v) is 1.81. The molecule has 1 aromatic rings. The number of carboxylic acids is 1. The maximum absolute atomic E-state index is 13.4. The Hall–Kier alpha value is -1.95. The van der Waals surface area contributed by atoms with Crippen molar-refractivity contribution in [3.05, 3.63) is 29.6 Å². The van der Waals surface area contributed by atoms with Crippen LogP contribution < -0.4 is 11.1 Å². The van der Waals surface area contributed by atoms with E-state index in [2.05, 4.69) is 5.32 Å². The normalized spacial score (nSPS) is 16.8. The Balaban J connectivity index is 2.13. The first kappa shape index (κ1) is 12.5. The minimum atomic E-state index is -1.35. The predicted octanol–water partition coefficient (Wildman–Crippen LogP) is 1.34. The highest BCUT2D eigenvalue weighted by Crippen LogP contribution is 2.30. The second kappa shape index (κ2) is 4.38. The molecule has 0 unspecified atom stereocenters. The van der Waals surface area contributed by atoms with Gasteiger partial charge in [-0.1, -0.05) is 0 Å². The highest BCUT2D eigenvalue weighted by atomic mass is 19.1. The molecule has 1 aromatic carbocycles. The lowest BCUT2D eigenvalue weighted by Crippen LogP contribution is -2.56. The van der Waals surface area contributed by atoms with Gasteiger partial charge in [0, 0.05) is 5.69 Å². The Morgan fingerprint density at radius 1 is 1.39 bits per heavy atom. The first-order valence-electron chi connectivity index (χ1n) is 5.55. The summed E-state index contributed by atoms with van der Waals surface area (Å²) in [5.41, 5.74) is 4.71. The van der Waals surface area contributed by atoms with E-state index in [9.17, 15) is 14.0 Å². The number of anilines is 1. The predicted molar refractivity (Wildman–Crippen MR) is 62.8 cm³/mol. The lowest BCUT2D eigenvalue weighted by atomic mass is 9.77. The molecule has 5 nitrogen and oxygen atoms in total. The van der Waals surface area contributed by atoms with E-state index in [4.69, 9.17) is 10.8 Å². The quantitative estimate of drug-likeness (QED) is 0.757. The standard InChI is InChI=1S/C12H13FN2O3/c13-9-6-7(2-3-8(9)10(16)17)15-11(18)12(14)4-1-5-12/h2-3,6H,1,4-5,14H2,(H,15,18)(H,16,17). The maximum atomic E-state index is 13.4. The van der Waals surface area contributed by atoms with Crippen molar-refractivity contribution in [1.29, 1.82) is 0 Å². The number of benzene rings is 1. The van der Waals surface area contributed by atoms with Crippen LogP contribution >= 0.6 is 0 Å². The average Bonchev–Trinajstić information content (AvgIpc) is 2.25. The summed E-state index contributed by atoms with van der Waals surface area (Å²) in [6.07, 6.45) is 2.11. The van der Waals surface area contributed by atoms with Gasteiger partial charge in [-0.2, -0.15) is 0 Å². The Labute approximate surface area is 103 Å². The van der Waals surface area contributed by atoms with E-state index in [1.54, 1.807) is 0 Å². The van der Waals surface area contributed by atoms with Crippen LogP contribution in [0, 0.1) is 5.82 Å². The zero-order chi connectivity index (χ0) is 13.3. The molecule has 4 N–H and O–H groups in total. The molecule has 1 fully saturated rings. The number of halogens is 1. The van der Waals surface area contributed by atoms with Crippen LogP contribution in [-0.2, 0) is 4.79 Å². The van der Waals surface area contributed by atoms with E-state index in [1.807, 2.05) is 0 Å². The molecule has 1 aliphatic carbocycles. The topological polar surface area (TPSA) is 92.4 Å². The minimum absolute atomic E-state index is 0.208. The Morgan fingerprint density at radius 3 is 2.50 bits per heavy atom. The van der Waals surface area contributed by atoms with Crippen molar-refractivity contribution in [3.63, 3.8) is 0 Å². The van der Waals surface area contributed by atoms with Crippen LogP contribution in [0.25, 0.3) is 0 Å². The zero-order valence-electron chi connectivity index (χ0n) is 9.57. The van der Waals surface area contributed by atoms with Gasteiger partial charge in [0.2, 0.25) is 5.91 Å². The first-order valence-corrected chi connectivity index (χ1v) is 5.55. The Morgan fingerprint density at radius 2 is 2.06 bits per heavy atom. The molecule has 1 saturated carbocycles. The smallest absolute Gasteiger partial charge is 0.338 e. The van der Waals surface area contributed by atoms with Crippen LogP contribution in [0.4, 0.5) is 10.1 Å². The number of nitrogens with one attached hydrogen (secondary N) is 1. The molecular formula is C12H13FN2O3. The molecule has 2 rings (SSSR count).